The van der Waals surface area contributed by atoms with Gasteiger partial charge < -0.3 is 19.9 Å². The number of piperazine rings is 1. The van der Waals surface area contributed by atoms with Gasteiger partial charge in [0.05, 0.1) is 33.9 Å². The van der Waals surface area contributed by atoms with E-state index in [0.29, 0.717) is 51.9 Å². The molecule has 1 aromatic heterocycles. The Hall–Kier alpha value is -3.24. The summed E-state index contributed by atoms with van der Waals surface area (Å²) in [5.41, 5.74) is -2.05. The molecule has 40 heavy (non-hydrogen) atoms. The lowest BCUT2D eigenvalue weighted by atomic mass is 9.92. The van der Waals surface area contributed by atoms with Crippen LogP contribution in [0.3, 0.4) is 0 Å². The van der Waals surface area contributed by atoms with Crippen molar-refractivity contribution in [1.82, 2.24) is 9.88 Å². The monoisotopic (exact) mass is 589 g/mol. The maximum atomic E-state index is 13.2. The average molecular weight is 590 g/mol. The number of benzene rings is 1. The standard InChI is InChI=1S/C26H26ClF6N5O2/c27-22-11-17(25(28,29)30)14-35-24(22)38-9-7-37(8-10-38)23(39)15-40-20-5-3-18(4-6-20)36-19-2-1-16(13-34)21(12-19)26(31,32)33/h1-2,11-12,14,18,20,36H,3-10,15H2/t18-,20-. The predicted molar refractivity (Wildman–Crippen MR) is 135 cm³/mol. The lowest BCUT2D eigenvalue weighted by Crippen LogP contribution is -2.50. The number of amides is 1. The third-order valence-electron chi connectivity index (χ3n) is 7.01. The molecule has 1 amide bonds. The highest BCUT2D eigenvalue weighted by Gasteiger charge is 2.35. The van der Waals surface area contributed by atoms with Crippen LogP contribution in [0.2, 0.25) is 5.02 Å². The smallest absolute Gasteiger partial charge is 0.382 e. The molecule has 2 fully saturated rings. The molecule has 2 heterocycles. The summed E-state index contributed by atoms with van der Waals surface area (Å²) in [6.07, 6.45) is -6.06. The fraction of sp³-hybridized carbons (Fsp3) is 0.500. The van der Waals surface area contributed by atoms with Crippen molar-refractivity contribution in [3.8, 4) is 6.07 Å². The minimum atomic E-state index is -4.63. The van der Waals surface area contributed by atoms with Gasteiger partial charge in [-0.3, -0.25) is 4.79 Å². The van der Waals surface area contributed by atoms with Crippen molar-refractivity contribution in [2.45, 2.75) is 50.2 Å². The molecular formula is C26H26ClF6N5O2. The predicted octanol–water partition coefficient (Wildman–Crippen LogP) is 5.73. The minimum Gasteiger partial charge on any atom is -0.382 e. The maximum absolute atomic E-state index is 13.2. The number of hydrogen-bond acceptors (Lipinski definition) is 6. The zero-order chi connectivity index (χ0) is 29.1. The van der Waals surface area contributed by atoms with E-state index in [0.717, 1.165) is 24.4 Å². The number of hydrogen-bond donors (Lipinski definition) is 1. The Bertz CT molecular complexity index is 1250. The van der Waals surface area contributed by atoms with E-state index in [4.69, 9.17) is 21.6 Å². The van der Waals surface area contributed by atoms with Crippen LogP contribution in [0.4, 0.5) is 37.8 Å². The minimum absolute atomic E-state index is 0.0664. The molecule has 14 heteroatoms. The summed E-state index contributed by atoms with van der Waals surface area (Å²) < 4.78 is 84.0. The van der Waals surface area contributed by atoms with Gasteiger partial charge in [-0.15, -0.1) is 0 Å². The Kier molecular flexibility index (Phi) is 8.99. The zero-order valence-corrected chi connectivity index (χ0v) is 21.9. The summed E-state index contributed by atoms with van der Waals surface area (Å²) in [6, 6.07) is 5.89. The summed E-state index contributed by atoms with van der Waals surface area (Å²) in [5.74, 6) is 0.0302. The van der Waals surface area contributed by atoms with Crippen LogP contribution in [-0.4, -0.2) is 60.7 Å². The molecule has 2 aliphatic rings. The fourth-order valence-electron chi connectivity index (χ4n) is 4.84. The van der Waals surface area contributed by atoms with E-state index in [2.05, 4.69) is 10.3 Å². The van der Waals surface area contributed by atoms with E-state index >= 15 is 0 Å². The van der Waals surface area contributed by atoms with Crippen molar-refractivity contribution in [3.63, 3.8) is 0 Å². The van der Waals surface area contributed by atoms with Crippen LogP contribution in [0.5, 0.6) is 0 Å². The fourth-order valence-corrected chi connectivity index (χ4v) is 5.13. The molecule has 1 saturated carbocycles. The lowest BCUT2D eigenvalue weighted by Gasteiger charge is -2.36. The number of alkyl halides is 6. The van der Waals surface area contributed by atoms with Gasteiger partial charge in [-0.1, -0.05) is 11.6 Å². The first-order chi connectivity index (χ1) is 18.8. The van der Waals surface area contributed by atoms with Crippen molar-refractivity contribution in [1.29, 1.82) is 5.26 Å². The number of ether oxygens (including phenoxy) is 1. The number of nitriles is 1. The van der Waals surface area contributed by atoms with Gasteiger partial charge in [-0.2, -0.15) is 31.6 Å². The van der Waals surface area contributed by atoms with Gasteiger partial charge in [-0.05, 0) is 49.9 Å². The number of carbonyl (C=O) groups excluding carboxylic acids is 1. The highest BCUT2D eigenvalue weighted by atomic mass is 35.5. The molecule has 1 aliphatic carbocycles. The molecule has 4 rings (SSSR count). The number of carbonyl (C=O) groups is 1. The highest BCUT2D eigenvalue weighted by molar-refractivity contribution is 6.33. The van der Waals surface area contributed by atoms with Gasteiger partial charge in [0.15, 0.2) is 0 Å². The SMILES string of the molecule is N#Cc1ccc(N[C@H]2CC[C@H](OCC(=O)N3CCN(c4ncc(C(F)(F)F)cc4Cl)CC3)CC2)cc1C(F)(F)F. The van der Waals surface area contributed by atoms with E-state index < -0.39 is 29.0 Å². The van der Waals surface area contributed by atoms with E-state index in [1.54, 1.807) is 15.9 Å². The largest absolute Gasteiger partial charge is 0.417 e. The van der Waals surface area contributed by atoms with E-state index in [9.17, 15) is 31.1 Å². The van der Waals surface area contributed by atoms with Gasteiger partial charge in [0.2, 0.25) is 5.91 Å². The van der Waals surface area contributed by atoms with Crippen LogP contribution in [0.25, 0.3) is 0 Å². The number of halogens is 7. The molecular weight excluding hydrogens is 564 g/mol. The highest BCUT2D eigenvalue weighted by Crippen LogP contribution is 2.35. The summed E-state index contributed by atoms with van der Waals surface area (Å²) in [6.45, 7) is 1.26. The molecule has 7 nitrogen and oxygen atoms in total. The molecule has 1 N–H and O–H groups in total. The Morgan fingerprint density at radius 1 is 1.05 bits per heavy atom. The maximum Gasteiger partial charge on any atom is 0.417 e. The van der Waals surface area contributed by atoms with Crippen LogP contribution in [-0.2, 0) is 21.9 Å². The van der Waals surface area contributed by atoms with E-state index in [1.165, 1.54) is 6.07 Å². The second kappa shape index (κ2) is 12.1. The molecule has 0 bridgehead atoms. The van der Waals surface area contributed by atoms with Crippen molar-refractivity contribution >= 4 is 29.0 Å². The van der Waals surface area contributed by atoms with Gasteiger partial charge in [0.25, 0.3) is 0 Å². The first-order valence-electron chi connectivity index (χ1n) is 12.6. The van der Waals surface area contributed by atoms with Gasteiger partial charge in [-0.25, -0.2) is 4.98 Å². The summed E-state index contributed by atoms with van der Waals surface area (Å²) in [4.78, 5) is 19.9. The van der Waals surface area contributed by atoms with Gasteiger partial charge >= 0.3 is 12.4 Å². The quantitative estimate of drug-likeness (QED) is 0.433. The Morgan fingerprint density at radius 2 is 1.73 bits per heavy atom. The number of aromatic nitrogens is 1. The van der Waals surface area contributed by atoms with Crippen molar-refractivity contribution in [3.05, 3.63) is 52.2 Å². The normalized spacial score (nSPS) is 20.2. The van der Waals surface area contributed by atoms with Crippen LogP contribution in [0.15, 0.2) is 30.5 Å². The topological polar surface area (TPSA) is 81.5 Å². The second-order valence-electron chi connectivity index (χ2n) is 9.69. The zero-order valence-electron chi connectivity index (χ0n) is 21.2. The molecule has 1 saturated heterocycles. The first kappa shape index (κ1) is 29.7. The van der Waals surface area contributed by atoms with Crippen LogP contribution >= 0.6 is 11.6 Å². The molecule has 1 aromatic carbocycles. The molecule has 1 aliphatic heterocycles. The lowest BCUT2D eigenvalue weighted by molar-refractivity contribution is -0.139. The molecule has 0 spiro atoms. The van der Waals surface area contributed by atoms with E-state index in [-0.39, 0.29) is 41.2 Å². The third kappa shape index (κ3) is 7.28. The first-order valence-corrected chi connectivity index (χ1v) is 13.0. The van der Waals surface area contributed by atoms with Crippen molar-refractivity contribution in [2.75, 3.05) is 43.0 Å². The van der Waals surface area contributed by atoms with Crippen LogP contribution in [0.1, 0.15) is 42.4 Å². The molecule has 0 unspecified atom stereocenters. The summed E-state index contributed by atoms with van der Waals surface area (Å²) in [7, 11) is 0. The number of rotatable bonds is 6. The Morgan fingerprint density at radius 3 is 2.30 bits per heavy atom. The summed E-state index contributed by atoms with van der Waals surface area (Å²) >= 11 is 6.03. The van der Waals surface area contributed by atoms with Gasteiger partial charge in [0, 0.05) is 44.1 Å². The molecule has 2 aromatic rings. The van der Waals surface area contributed by atoms with E-state index in [1.807, 2.05) is 0 Å². The van der Waals surface area contributed by atoms with Gasteiger partial charge in [0.1, 0.15) is 12.4 Å². The second-order valence-corrected chi connectivity index (χ2v) is 10.1. The van der Waals surface area contributed by atoms with Crippen LogP contribution in [0, 0.1) is 11.3 Å². The Balaban J connectivity index is 1.20. The molecule has 216 valence electrons. The number of anilines is 2. The van der Waals surface area contributed by atoms with Crippen molar-refractivity contribution in [2.24, 2.45) is 0 Å². The van der Waals surface area contributed by atoms with Crippen molar-refractivity contribution < 1.29 is 35.9 Å². The number of nitrogens with zero attached hydrogens (tertiary/aromatic N) is 4. The summed E-state index contributed by atoms with van der Waals surface area (Å²) in [5, 5.41) is 11.9. The average Bonchev–Trinajstić information content (AvgIpc) is 2.91. The third-order valence-corrected chi connectivity index (χ3v) is 7.29. The number of nitrogens with one attached hydrogen (secondary N) is 1. The molecule has 0 atom stereocenters. The van der Waals surface area contributed by atoms with Crippen LogP contribution < -0.4 is 10.2 Å². The molecule has 0 radical (unpaired) electrons. The number of pyridine rings is 1. The Labute approximate surface area is 231 Å².